The maximum absolute atomic E-state index is 12.6. The van der Waals surface area contributed by atoms with Crippen molar-refractivity contribution >= 4 is 0 Å². The van der Waals surface area contributed by atoms with Crippen LogP contribution in [-0.4, -0.2) is 4.98 Å². The second kappa shape index (κ2) is 3.63. The van der Waals surface area contributed by atoms with E-state index in [0.29, 0.717) is 5.92 Å². The Balaban J connectivity index is 2.88. The molecule has 0 spiro atoms. The topological polar surface area (TPSA) is 38.9 Å². The average Bonchev–Trinajstić information content (AvgIpc) is 2.03. The van der Waals surface area contributed by atoms with Crippen LogP contribution < -0.4 is 5.73 Å². The van der Waals surface area contributed by atoms with E-state index in [1.165, 1.54) is 12.3 Å². The van der Waals surface area contributed by atoms with Crippen LogP contribution >= 0.6 is 0 Å². The van der Waals surface area contributed by atoms with E-state index < -0.39 is 5.95 Å². The van der Waals surface area contributed by atoms with Gasteiger partial charge in [-0.1, -0.05) is 13.8 Å². The normalized spacial score (nSPS) is 13.4. The molecule has 0 saturated heterocycles. The molecule has 0 fully saturated rings. The zero-order chi connectivity index (χ0) is 9.14. The van der Waals surface area contributed by atoms with Gasteiger partial charge >= 0.3 is 0 Å². The van der Waals surface area contributed by atoms with Gasteiger partial charge < -0.3 is 5.73 Å². The highest BCUT2D eigenvalue weighted by molar-refractivity contribution is 5.15. The van der Waals surface area contributed by atoms with Gasteiger partial charge in [-0.2, -0.15) is 4.39 Å². The summed E-state index contributed by atoms with van der Waals surface area (Å²) in [5.74, 6) is -0.157. The number of aromatic nitrogens is 1. The van der Waals surface area contributed by atoms with E-state index in [4.69, 9.17) is 5.73 Å². The van der Waals surface area contributed by atoms with Crippen LogP contribution in [0.25, 0.3) is 0 Å². The highest BCUT2D eigenvalue weighted by Crippen LogP contribution is 2.17. The zero-order valence-corrected chi connectivity index (χ0v) is 7.29. The highest BCUT2D eigenvalue weighted by Gasteiger charge is 2.10. The third-order valence-corrected chi connectivity index (χ3v) is 1.85. The number of nitrogens with two attached hydrogens (primary N) is 1. The molecule has 0 aliphatic heterocycles. The first-order valence-corrected chi connectivity index (χ1v) is 3.98. The van der Waals surface area contributed by atoms with Crippen LogP contribution in [0.1, 0.15) is 25.5 Å². The van der Waals surface area contributed by atoms with Crippen LogP contribution in [0.15, 0.2) is 18.3 Å². The summed E-state index contributed by atoms with van der Waals surface area (Å²) < 4.78 is 12.6. The summed E-state index contributed by atoms with van der Waals surface area (Å²) in [6, 6.07) is 3.01. The summed E-state index contributed by atoms with van der Waals surface area (Å²) in [6.45, 7) is 4.01. The first-order valence-electron chi connectivity index (χ1n) is 3.98. The molecule has 66 valence electrons. The molecule has 0 amide bonds. The van der Waals surface area contributed by atoms with Gasteiger partial charge in [0.2, 0.25) is 5.95 Å². The molecule has 1 rings (SSSR count). The quantitative estimate of drug-likeness (QED) is 0.685. The summed E-state index contributed by atoms with van der Waals surface area (Å²) in [7, 11) is 0. The van der Waals surface area contributed by atoms with E-state index in [0.717, 1.165) is 5.56 Å². The molecule has 0 aliphatic carbocycles. The molecule has 0 saturated carbocycles. The molecule has 0 aliphatic rings. The third-order valence-electron chi connectivity index (χ3n) is 1.85. The number of nitrogens with zero attached hydrogens (tertiary/aromatic N) is 1. The summed E-state index contributed by atoms with van der Waals surface area (Å²) in [6.07, 6.45) is 1.44. The zero-order valence-electron chi connectivity index (χ0n) is 7.29. The van der Waals surface area contributed by atoms with E-state index in [2.05, 4.69) is 4.98 Å². The lowest BCUT2D eigenvalue weighted by molar-refractivity contribution is 0.506. The lowest BCUT2D eigenvalue weighted by Gasteiger charge is -2.15. The van der Waals surface area contributed by atoms with Gasteiger partial charge in [0.15, 0.2) is 0 Å². The van der Waals surface area contributed by atoms with E-state index in [9.17, 15) is 4.39 Å². The van der Waals surface area contributed by atoms with Crippen LogP contribution in [0.4, 0.5) is 4.39 Å². The van der Waals surface area contributed by atoms with Gasteiger partial charge in [0.1, 0.15) is 0 Å². The number of rotatable bonds is 2. The Hall–Kier alpha value is -0.960. The van der Waals surface area contributed by atoms with Crippen molar-refractivity contribution < 1.29 is 4.39 Å². The minimum atomic E-state index is -0.469. The maximum Gasteiger partial charge on any atom is 0.213 e. The minimum absolute atomic E-state index is 0.109. The summed E-state index contributed by atoms with van der Waals surface area (Å²) in [4.78, 5) is 3.46. The number of halogens is 1. The molecule has 0 bridgehead atoms. The summed E-state index contributed by atoms with van der Waals surface area (Å²) >= 11 is 0. The molecule has 2 nitrogen and oxygen atoms in total. The molecule has 1 aromatic heterocycles. The van der Waals surface area contributed by atoms with Crippen molar-refractivity contribution in [1.82, 2.24) is 4.98 Å². The fraction of sp³-hybridized carbons (Fsp3) is 0.444. The molecule has 0 aromatic carbocycles. The lowest BCUT2D eigenvalue weighted by Crippen LogP contribution is -2.16. The van der Waals surface area contributed by atoms with Crippen molar-refractivity contribution in [3.8, 4) is 0 Å². The second-order valence-corrected chi connectivity index (χ2v) is 3.18. The Morgan fingerprint density at radius 3 is 2.67 bits per heavy atom. The van der Waals surface area contributed by atoms with Gasteiger partial charge in [0.25, 0.3) is 0 Å². The Morgan fingerprint density at radius 2 is 2.17 bits per heavy atom. The third kappa shape index (κ3) is 2.01. The van der Waals surface area contributed by atoms with Crippen molar-refractivity contribution in [3.63, 3.8) is 0 Å². The Bertz CT molecular complexity index is 260. The summed E-state index contributed by atoms with van der Waals surface area (Å²) in [5, 5.41) is 0. The van der Waals surface area contributed by atoms with Gasteiger partial charge in [-0.25, -0.2) is 4.98 Å². The molecule has 3 heteroatoms. The molecule has 1 atom stereocenters. The molecule has 1 heterocycles. The van der Waals surface area contributed by atoms with E-state index in [1.54, 1.807) is 6.07 Å². The molecule has 1 aromatic rings. The van der Waals surface area contributed by atoms with Crippen LogP contribution in [0.2, 0.25) is 0 Å². The minimum Gasteiger partial charge on any atom is -0.324 e. The van der Waals surface area contributed by atoms with Crippen LogP contribution in [0, 0.1) is 11.9 Å². The number of hydrogen-bond acceptors (Lipinski definition) is 2. The van der Waals surface area contributed by atoms with Crippen LogP contribution in [0.5, 0.6) is 0 Å². The van der Waals surface area contributed by atoms with Gasteiger partial charge in [0, 0.05) is 12.2 Å². The Labute approximate surface area is 71.6 Å². The first kappa shape index (κ1) is 9.13. The standard InChI is InChI=1S/C9H13FN2/c1-6(2)9(11)7-3-4-12-8(10)5-7/h3-6,9H,11H2,1-2H3/t9-/m1/s1. The Kier molecular flexibility index (Phi) is 2.76. The van der Waals surface area contributed by atoms with Crippen molar-refractivity contribution in [2.75, 3.05) is 0 Å². The SMILES string of the molecule is CC(C)[C@@H](N)c1ccnc(F)c1. The number of pyridine rings is 1. The molecule has 2 N–H and O–H groups in total. The molecule has 0 unspecified atom stereocenters. The van der Waals surface area contributed by atoms with Gasteiger partial charge in [-0.3, -0.25) is 0 Å². The predicted molar refractivity (Wildman–Crippen MR) is 46.0 cm³/mol. The molecule has 12 heavy (non-hydrogen) atoms. The fourth-order valence-electron chi connectivity index (χ4n) is 1.01. The molecular weight excluding hydrogens is 155 g/mol. The first-order chi connectivity index (χ1) is 5.61. The molecule has 0 radical (unpaired) electrons. The monoisotopic (exact) mass is 168 g/mol. The van der Waals surface area contributed by atoms with E-state index >= 15 is 0 Å². The lowest BCUT2D eigenvalue weighted by atomic mass is 9.98. The molecular formula is C9H13FN2. The smallest absolute Gasteiger partial charge is 0.213 e. The predicted octanol–water partition coefficient (Wildman–Crippen LogP) is 1.88. The second-order valence-electron chi connectivity index (χ2n) is 3.18. The highest BCUT2D eigenvalue weighted by atomic mass is 19.1. The Morgan fingerprint density at radius 1 is 1.50 bits per heavy atom. The van der Waals surface area contributed by atoms with Crippen molar-refractivity contribution in [3.05, 3.63) is 29.8 Å². The maximum atomic E-state index is 12.6. The summed E-state index contributed by atoms with van der Waals surface area (Å²) in [5.41, 5.74) is 6.62. The number of hydrogen-bond donors (Lipinski definition) is 1. The van der Waals surface area contributed by atoms with Crippen molar-refractivity contribution in [1.29, 1.82) is 0 Å². The fourth-order valence-corrected chi connectivity index (χ4v) is 1.01. The van der Waals surface area contributed by atoms with Crippen molar-refractivity contribution in [2.45, 2.75) is 19.9 Å². The van der Waals surface area contributed by atoms with Crippen LogP contribution in [0.3, 0.4) is 0 Å². The van der Waals surface area contributed by atoms with Gasteiger partial charge in [0.05, 0.1) is 0 Å². The van der Waals surface area contributed by atoms with E-state index in [-0.39, 0.29) is 6.04 Å². The van der Waals surface area contributed by atoms with Crippen molar-refractivity contribution in [2.24, 2.45) is 11.7 Å². The average molecular weight is 168 g/mol. The largest absolute Gasteiger partial charge is 0.324 e. The van der Waals surface area contributed by atoms with E-state index in [1.807, 2.05) is 13.8 Å². The van der Waals surface area contributed by atoms with Gasteiger partial charge in [-0.05, 0) is 23.6 Å². The van der Waals surface area contributed by atoms with Crippen LogP contribution in [-0.2, 0) is 0 Å². The van der Waals surface area contributed by atoms with Gasteiger partial charge in [-0.15, -0.1) is 0 Å².